The third kappa shape index (κ3) is 6.56. The summed E-state index contributed by atoms with van der Waals surface area (Å²) in [6, 6.07) is 12.8. The van der Waals surface area contributed by atoms with Gasteiger partial charge in [0, 0.05) is 0 Å². The highest BCUT2D eigenvalue weighted by Crippen LogP contribution is 2.37. The number of hydrogen-bond acceptors (Lipinski definition) is 6. The molecule has 1 fully saturated rings. The van der Waals surface area contributed by atoms with Crippen molar-refractivity contribution in [2.45, 2.75) is 13.5 Å². The maximum atomic E-state index is 13.9. The van der Waals surface area contributed by atoms with Crippen LogP contribution in [0.25, 0.3) is 6.08 Å². The number of thioether (sulfide) groups is 1. The van der Waals surface area contributed by atoms with E-state index in [0.29, 0.717) is 50.0 Å². The Bertz CT molecular complexity index is 1500. The van der Waals surface area contributed by atoms with Crippen LogP contribution >= 0.6 is 34.4 Å². The van der Waals surface area contributed by atoms with Gasteiger partial charge in [-0.05, 0) is 82.7 Å². The number of nitrogens with one attached hydrogen (secondary N) is 1. The molecule has 1 aliphatic rings. The van der Waals surface area contributed by atoms with Crippen LogP contribution in [0.4, 0.5) is 23.7 Å². The summed E-state index contributed by atoms with van der Waals surface area (Å²) in [5, 5.41) is 1.32. The largest absolute Gasteiger partial charge is 0.493 e. The molecule has 0 radical (unpaired) electrons. The van der Waals surface area contributed by atoms with E-state index in [9.17, 15) is 27.6 Å². The van der Waals surface area contributed by atoms with Crippen LogP contribution in [0, 0.1) is 27.9 Å². The monoisotopic (exact) mass is 668 g/mol. The number of carbonyl (C=O) groups excluding carboxylic acids is 3. The molecule has 0 atom stereocenters. The summed E-state index contributed by atoms with van der Waals surface area (Å²) >= 11 is 2.70. The first-order valence-electron chi connectivity index (χ1n) is 11.3. The Balaban J connectivity index is 1.47. The zero-order chi connectivity index (χ0) is 28.3. The molecular formula is C27H20F3IN2O5S. The van der Waals surface area contributed by atoms with Gasteiger partial charge in [0.15, 0.2) is 29.0 Å². The number of anilines is 1. The minimum Gasteiger partial charge on any atom is -0.493 e. The number of carbonyl (C=O) groups is 3. The molecule has 4 rings (SSSR count). The lowest BCUT2D eigenvalue weighted by molar-refractivity contribution is -0.127. The lowest BCUT2D eigenvalue weighted by Gasteiger charge is -2.14. The Morgan fingerprint density at radius 3 is 2.49 bits per heavy atom. The van der Waals surface area contributed by atoms with E-state index >= 15 is 0 Å². The molecule has 3 aromatic rings. The molecule has 0 saturated carbocycles. The molecule has 12 heteroatoms. The van der Waals surface area contributed by atoms with E-state index in [1.54, 1.807) is 12.1 Å². The van der Waals surface area contributed by atoms with E-state index < -0.39 is 46.7 Å². The van der Waals surface area contributed by atoms with Crippen LogP contribution in [0.5, 0.6) is 11.5 Å². The quantitative estimate of drug-likeness (QED) is 0.173. The average molecular weight is 668 g/mol. The maximum Gasteiger partial charge on any atom is 0.294 e. The van der Waals surface area contributed by atoms with Crippen molar-refractivity contribution < 1.29 is 37.0 Å². The van der Waals surface area contributed by atoms with Gasteiger partial charge in [0.05, 0.1) is 21.3 Å². The second-order valence-corrected chi connectivity index (χ2v) is 10.5. The van der Waals surface area contributed by atoms with Crippen molar-refractivity contribution >= 4 is 63.2 Å². The summed E-state index contributed by atoms with van der Waals surface area (Å²) < 4.78 is 52.6. The van der Waals surface area contributed by atoms with E-state index in [-0.39, 0.29) is 4.91 Å². The molecule has 0 bridgehead atoms. The molecule has 202 valence electrons. The molecular weight excluding hydrogens is 648 g/mol. The number of rotatable bonds is 8. The van der Waals surface area contributed by atoms with E-state index in [1.165, 1.54) is 13.2 Å². The van der Waals surface area contributed by atoms with Crippen molar-refractivity contribution in [2.75, 3.05) is 19.0 Å². The van der Waals surface area contributed by atoms with Gasteiger partial charge in [-0.15, -0.1) is 0 Å². The van der Waals surface area contributed by atoms with Gasteiger partial charge in [-0.1, -0.05) is 29.8 Å². The van der Waals surface area contributed by atoms with Gasteiger partial charge in [0.2, 0.25) is 5.91 Å². The predicted octanol–water partition coefficient (Wildman–Crippen LogP) is 6.28. The van der Waals surface area contributed by atoms with Crippen LogP contribution in [-0.2, 0) is 16.2 Å². The molecule has 3 aromatic carbocycles. The number of ether oxygens (including phenoxy) is 2. The molecule has 0 aliphatic carbocycles. The minimum atomic E-state index is -1.75. The Morgan fingerprint density at radius 2 is 1.79 bits per heavy atom. The van der Waals surface area contributed by atoms with Crippen LogP contribution in [0.3, 0.4) is 0 Å². The van der Waals surface area contributed by atoms with Crippen LogP contribution in [-0.4, -0.2) is 35.6 Å². The minimum absolute atomic E-state index is 0.0537. The van der Waals surface area contributed by atoms with Crippen molar-refractivity contribution in [3.8, 4) is 11.5 Å². The molecule has 7 nitrogen and oxygen atoms in total. The van der Waals surface area contributed by atoms with Gasteiger partial charge in [0.1, 0.15) is 13.2 Å². The van der Waals surface area contributed by atoms with Crippen LogP contribution < -0.4 is 14.8 Å². The van der Waals surface area contributed by atoms with E-state index in [2.05, 4.69) is 22.6 Å². The summed E-state index contributed by atoms with van der Waals surface area (Å²) in [6.45, 7) is 1.57. The van der Waals surface area contributed by atoms with E-state index in [0.717, 1.165) is 17.2 Å². The fraction of sp³-hybridized carbons (Fsp3) is 0.148. The highest BCUT2D eigenvalue weighted by atomic mass is 127. The zero-order valence-corrected chi connectivity index (χ0v) is 23.5. The van der Waals surface area contributed by atoms with Gasteiger partial charge in [-0.2, -0.15) is 0 Å². The van der Waals surface area contributed by atoms with E-state index in [4.69, 9.17) is 9.47 Å². The molecule has 1 N–H and O–H groups in total. The molecule has 1 aliphatic heterocycles. The van der Waals surface area contributed by atoms with Gasteiger partial charge in [-0.25, -0.2) is 13.2 Å². The number of amides is 3. The first-order valence-corrected chi connectivity index (χ1v) is 13.2. The lowest BCUT2D eigenvalue weighted by Crippen LogP contribution is -2.36. The number of benzene rings is 3. The number of imide groups is 1. The van der Waals surface area contributed by atoms with Crippen molar-refractivity contribution in [3.63, 3.8) is 0 Å². The van der Waals surface area contributed by atoms with Gasteiger partial charge in [-0.3, -0.25) is 19.3 Å². The third-order valence-corrected chi connectivity index (χ3v) is 7.25. The van der Waals surface area contributed by atoms with E-state index in [1.807, 2.05) is 36.5 Å². The Hall–Kier alpha value is -3.52. The average Bonchev–Trinajstić information content (AvgIpc) is 3.16. The van der Waals surface area contributed by atoms with Crippen molar-refractivity contribution in [1.82, 2.24) is 4.90 Å². The van der Waals surface area contributed by atoms with Crippen molar-refractivity contribution in [2.24, 2.45) is 0 Å². The summed E-state index contributed by atoms with van der Waals surface area (Å²) in [7, 11) is 1.48. The van der Waals surface area contributed by atoms with Gasteiger partial charge >= 0.3 is 0 Å². The number of nitrogens with zero attached hydrogens (tertiary/aromatic N) is 1. The number of halogens is 4. The first kappa shape index (κ1) is 28.5. The highest BCUT2D eigenvalue weighted by molar-refractivity contribution is 14.1. The first-order chi connectivity index (χ1) is 18.6. The highest BCUT2D eigenvalue weighted by Gasteiger charge is 2.36. The van der Waals surface area contributed by atoms with Crippen LogP contribution in [0.1, 0.15) is 16.7 Å². The molecule has 39 heavy (non-hydrogen) atoms. The van der Waals surface area contributed by atoms with Gasteiger partial charge in [0.25, 0.3) is 11.1 Å². The smallest absolute Gasteiger partial charge is 0.294 e. The third-order valence-electron chi connectivity index (χ3n) is 5.54. The number of hydrogen-bond donors (Lipinski definition) is 1. The van der Waals surface area contributed by atoms with Crippen LogP contribution in [0.15, 0.2) is 53.4 Å². The summed E-state index contributed by atoms with van der Waals surface area (Å²) in [5.41, 5.74) is 2.05. The standard InChI is InChI=1S/C27H20F3IN2O5S/c1-14-3-5-15(6-4-14)13-38-25-18(31)9-16(10-20(25)37-2)11-21-26(35)33(27(36)39-21)12-22(34)32-19-8-7-17(28)23(29)24(19)30/h3-11H,12-13H2,1-2H3,(H,32,34)/b21-11-. The molecule has 1 heterocycles. The predicted molar refractivity (Wildman–Crippen MR) is 149 cm³/mol. The lowest BCUT2D eigenvalue weighted by atomic mass is 10.1. The Kier molecular flexibility index (Phi) is 8.85. The van der Waals surface area contributed by atoms with Crippen molar-refractivity contribution in [1.29, 1.82) is 0 Å². The fourth-order valence-corrected chi connectivity index (χ4v) is 5.17. The second kappa shape index (κ2) is 12.1. The summed E-state index contributed by atoms with van der Waals surface area (Å²) in [4.78, 5) is 38.3. The fourth-order valence-electron chi connectivity index (χ4n) is 3.55. The van der Waals surface area contributed by atoms with Crippen molar-refractivity contribution in [3.05, 3.63) is 91.1 Å². The second-order valence-electron chi connectivity index (χ2n) is 8.35. The van der Waals surface area contributed by atoms with Crippen LogP contribution in [0.2, 0.25) is 0 Å². The molecule has 0 spiro atoms. The Labute approximate surface area is 239 Å². The zero-order valence-electron chi connectivity index (χ0n) is 20.5. The normalized spacial score (nSPS) is 14.2. The molecule has 0 unspecified atom stereocenters. The SMILES string of the molecule is COc1cc(/C=C2\SC(=O)N(CC(=O)Nc3ccc(F)c(F)c3F)C2=O)cc(I)c1OCc1ccc(C)cc1. The maximum absolute atomic E-state index is 13.9. The number of aryl methyl sites for hydroxylation is 1. The Morgan fingerprint density at radius 1 is 1.08 bits per heavy atom. The summed E-state index contributed by atoms with van der Waals surface area (Å²) in [5.74, 6) is -5.52. The number of methoxy groups -OCH3 is 1. The summed E-state index contributed by atoms with van der Waals surface area (Å²) in [6.07, 6.45) is 1.48. The van der Waals surface area contributed by atoms with Gasteiger partial charge < -0.3 is 14.8 Å². The topological polar surface area (TPSA) is 84.9 Å². The molecule has 3 amide bonds. The molecule has 0 aromatic heterocycles. The molecule has 1 saturated heterocycles.